The third-order valence-electron chi connectivity index (χ3n) is 5.38. The highest BCUT2D eigenvalue weighted by Gasteiger charge is 2.30. The van der Waals surface area contributed by atoms with Crippen LogP contribution in [0.4, 0.5) is 13.2 Å². The van der Waals surface area contributed by atoms with E-state index >= 15 is 0 Å². The van der Waals surface area contributed by atoms with Crippen molar-refractivity contribution in [1.29, 1.82) is 0 Å². The van der Waals surface area contributed by atoms with E-state index in [1.165, 1.54) is 19.2 Å². The van der Waals surface area contributed by atoms with Crippen LogP contribution in [0.15, 0.2) is 48.5 Å². The summed E-state index contributed by atoms with van der Waals surface area (Å²) >= 11 is 0. The number of ether oxygens (including phenoxy) is 1. The van der Waals surface area contributed by atoms with E-state index in [1.54, 1.807) is 24.3 Å². The van der Waals surface area contributed by atoms with Gasteiger partial charge in [-0.15, -0.1) is 0 Å². The molecule has 1 saturated heterocycles. The number of benzene rings is 2. The van der Waals surface area contributed by atoms with Gasteiger partial charge >= 0.3 is 12.1 Å². The van der Waals surface area contributed by atoms with E-state index in [9.17, 15) is 22.8 Å². The number of carbonyl (C=O) groups is 2. The van der Waals surface area contributed by atoms with Crippen molar-refractivity contribution in [3.8, 4) is 0 Å². The summed E-state index contributed by atoms with van der Waals surface area (Å²) in [6.45, 7) is 4.14. The van der Waals surface area contributed by atoms with Crippen LogP contribution in [0.1, 0.15) is 27.0 Å². The molecule has 0 unspecified atom stereocenters. The fraction of sp³-hybridized carbons (Fsp3) is 0.391. The number of hydrogen-bond acceptors (Lipinski definition) is 5. The van der Waals surface area contributed by atoms with Gasteiger partial charge in [0.2, 0.25) is 5.91 Å². The van der Waals surface area contributed by atoms with E-state index in [1.807, 2.05) is 0 Å². The van der Waals surface area contributed by atoms with E-state index in [-0.39, 0.29) is 12.5 Å². The zero-order valence-electron chi connectivity index (χ0n) is 17.8. The fourth-order valence-corrected chi connectivity index (χ4v) is 3.50. The van der Waals surface area contributed by atoms with E-state index in [0.29, 0.717) is 31.7 Å². The molecule has 0 saturated carbocycles. The maximum atomic E-state index is 12.7. The molecule has 172 valence electrons. The van der Waals surface area contributed by atoms with Gasteiger partial charge in [0.1, 0.15) is 0 Å². The molecular weight excluding hydrogens is 423 g/mol. The third-order valence-corrected chi connectivity index (χ3v) is 5.38. The Morgan fingerprint density at radius 2 is 1.47 bits per heavy atom. The molecule has 0 aliphatic carbocycles. The second kappa shape index (κ2) is 10.6. The van der Waals surface area contributed by atoms with Crippen molar-refractivity contribution in [2.24, 2.45) is 0 Å². The number of alkyl halides is 3. The lowest BCUT2D eigenvalue weighted by Crippen LogP contribution is -2.49. The van der Waals surface area contributed by atoms with Crippen molar-refractivity contribution in [2.75, 3.05) is 39.8 Å². The van der Waals surface area contributed by atoms with Crippen LogP contribution in [0.25, 0.3) is 0 Å². The number of rotatable bonds is 7. The van der Waals surface area contributed by atoms with Crippen molar-refractivity contribution in [3.05, 3.63) is 70.8 Å². The smallest absolute Gasteiger partial charge is 0.416 e. The topological polar surface area (TPSA) is 61.9 Å². The number of esters is 1. The van der Waals surface area contributed by atoms with Crippen LogP contribution in [0.3, 0.4) is 0 Å². The van der Waals surface area contributed by atoms with E-state index < -0.39 is 17.7 Å². The molecule has 2 aromatic rings. The summed E-state index contributed by atoms with van der Waals surface area (Å²) in [6, 6.07) is 12.1. The zero-order chi connectivity index (χ0) is 23.1. The van der Waals surface area contributed by atoms with Crippen molar-refractivity contribution in [3.63, 3.8) is 0 Å². The second-order valence-corrected chi connectivity index (χ2v) is 7.71. The SMILES string of the molecule is COC(=O)c1ccc(CNC(=O)CN2CCN(Cc3ccc(C(F)(F)F)cc3)CC2)cc1. The second-order valence-electron chi connectivity index (χ2n) is 7.71. The molecule has 0 spiro atoms. The highest BCUT2D eigenvalue weighted by molar-refractivity contribution is 5.89. The van der Waals surface area contributed by atoms with Gasteiger partial charge in [0.25, 0.3) is 0 Å². The molecule has 0 aromatic heterocycles. The molecule has 1 fully saturated rings. The molecule has 1 heterocycles. The van der Waals surface area contributed by atoms with E-state index in [0.717, 1.165) is 36.3 Å². The van der Waals surface area contributed by atoms with Crippen LogP contribution in [0.5, 0.6) is 0 Å². The molecule has 0 atom stereocenters. The maximum Gasteiger partial charge on any atom is 0.416 e. The first-order valence-corrected chi connectivity index (χ1v) is 10.3. The number of nitrogens with one attached hydrogen (secondary N) is 1. The molecule has 1 N–H and O–H groups in total. The highest BCUT2D eigenvalue weighted by Crippen LogP contribution is 2.29. The van der Waals surface area contributed by atoms with Gasteiger partial charge in [-0.1, -0.05) is 24.3 Å². The van der Waals surface area contributed by atoms with Crippen molar-refractivity contribution < 1.29 is 27.5 Å². The lowest BCUT2D eigenvalue weighted by atomic mass is 10.1. The molecule has 1 aliphatic rings. The number of nitrogens with zero attached hydrogens (tertiary/aromatic N) is 2. The van der Waals surface area contributed by atoms with Crippen LogP contribution in [-0.2, 0) is 28.8 Å². The average Bonchev–Trinajstić information content (AvgIpc) is 2.78. The molecule has 0 bridgehead atoms. The van der Waals surface area contributed by atoms with E-state index in [4.69, 9.17) is 0 Å². The summed E-state index contributed by atoms with van der Waals surface area (Å²) in [6.07, 6.45) is -4.32. The van der Waals surface area contributed by atoms with Gasteiger partial charge in [0.15, 0.2) is 0 Å². The van der Waals surface area contributed by atoms with E-state index in [2.05, 4.69) is 19.9 Å². The number of hydrogen-bond donors (Lipinski definition) is 1. The summed E-state index contributed by atoms with van der Waals surface area (Å²) in [5.74, 6) is -0.490. The van der Waals surface area contributed by atoms with Gasteiger partial charge < -0.3 is 10.1 Å². The summed E-state index contributed by atoms with van der Waals surface area (Å²) in [5.41, 5.74) is 1.53. The molecule has 32 heavy (non-hydrogen) atoms. The molecule has 9 heteroatoms. The minimum Gasteiger partial charge on any atom is -0.465 e. The number of amides is 1. The van der Waals surface area contributed by atoms with Gasteiger partial charge in [-0.3, -0.25) is 14.6 Å². The Balaban J connectivity index is 1.38. The normalized spacial score (nSPS) is 15.4. The summed E-state index contributed by atoms with van der Waals surface area (Å²) in [4.78, 5) is 27.9. The molecule has 1 aliphatic heterocycles. The summed E-state index contributed by atoms with van der Waals surface area (Å²) < 4.78 is 42.7. The van der Waals surface area contributed by atoms with Crippen molar-refractivity contribution in [2.45, 2.75) is 19.3 Å². The number of halogens is 3. The van der Waals surface area contributed by atoms with Crippen LogP contribution in [0, 0.1) is 0 Å². The van der Waals surface area contributed by atoms with Gasteiger partial charge in [-0.25, -0.2) is 4.79 Å². The predicted molar refractivity (Wildman–Crippen MR) is 113 cm³/mol. The highest BCUT2D eigenvalue weighted by atomic mass is 19.4. The summed E-state index contributed by atoms with van der Waals surface area (Å²) in [7, 11) is 1.32. The quantitative estimate of drug-likeness (QED) is 0.659. The minimum atomic E-state index is -4.32. The Hall–Kier alpha value is -2.91. The van der Waals surface area contributed by atoms with Crippen molar-refractivity contribution in [1.82, 2.24) is 15.1 Å². The Morgan fingerprint density at radius 1 is 0.906 bits per heavy atom. The number of carbonyl (C=O) groups excluding carboxylic acids is 2. The summed E-state index contributed by atoms with van der Waals surface area (Å²) in [5, 5.41) is 2.88. The molecule has 6 nitrogen and oxygen atoms in total. The Bertz CT molecular complexity index is 907. The lowest BCUT2D eigenvalue weighted by molar-refractivity contribution is -0.137. The first kappa shape index (κ1) is 23.7. The maximum absolute atomic E-state index is 12.7. The fourth-order valence-electron chi connectivity index (χ4n) is 3.50. The minimum absolute atomic E-state index is 0.0850. The standard InChI is InChI=1S/C23H26F3N3O3/c1-32-22(31)19-6-2-17(3-7-19)14-27-21(30)16-29-12-10-28(11-13-29)15-18-4-8-20(9-5-18)23(24,25)26/h2-9H,10-16H2,1H3,(H,27,30). The Kier molecular flexibility index (Phi) is 7.87. The average molecular weight is 449 g/mol. The molecule has 2 aromatic carbocycles. The van der Waals surface area contributed by atoms with Crippen LogP contribution < -0.4 is 5.32 Å². The van der Waals surface area contributed by atoms with Gasteiger partial charge in [0.05, 0.1) is 24.8 Å². The first-order valence-electron chi connectivity index (χ1n) is 10.3. The predicted octanol–water partition coefficient (Wildman–Crippen LogP) is 2.93. The lowest BCUT2D eigenvalue weighted by Gasteiger charge is -2.34. The molecule has 3 rings (SSSR count). The largest absolute Gasteiger partial charge is 0.465 e. The first-order chi connectivity index (χ1) is 15.2. The molecular formula is C23H26F3N3O3. The Morgan fingerprint density at radius 3 is 2.03 bits per heavy atom. The van der Waals surface area contributed by atoms with Crippen molar-refractivity contribution >= 4 is 11.9 Å². The van der Waals surface area contributed by atoms with Crippen LogP contribution in [0.2, 0.25) is 0 Å². The molecule has 0 radical (unpaired) electrons. The zero-order valence-corrected chi connectivity index (χ0v) is 17.8. The van der Waals surface area contributed by atoms with Crippen LogP contribution in [-0.4, -0.2) is 61.5 Å². The molecule has 1 amide bonds. The monoisotopic (exact) mass is 449 g/mol. The Labute approximate surface area is 184 Å². The van der Waals surface area contributed by atoms with Gasteiger partial charge in [0, 0.05) is 39.3 Å². The number of piperazine rings is 1. The van der Waals surface area contributed by atoms with Gasteiger partial charge in [-0.2, -0.15) is 13.2 Å². The van der Waals surface area contributed by atoms with Gasteiger partial charge in [-0.05, 0) is 35.4 Å². The number of methoxy groups -OCH3 is 1. The van der Waals surface area contributed by atoms with Crippen LogP contribution >= 0.6 is 0 Å². The third kappa shape index (κ3) is 6.80.